The van der Waals surface area contributed by atoms with Crippen LogP contribution >= 0.6 is 11.6 Å². The third-order valence-electron chi connectivity index (χ3n) is 10.4. The Balaban J connectivity index is 0.00000114. The number of halogens is 1. The molecule has 3 heterocycles. The van der Waals surface area contributed by atoms with Gasteiger partial charge in [0.2, 0.25) is 0 Å². The highest BCUT2D eigenvalue weighted by Gasteiger charge is 2.24. The van der Waals surface area contributed by atoms with Gasteiger partial charge in [0.15, 0.2) is 0 Å². The molecule has 0 atom stereocenters. The summed E-state index contributed by atoms with van der Waals surface area (Å²) in [4.78, 5) is 35.9. The molecule has 2 aromatic carbocycles. The third-order valence-corrected chi connectivity index (χ3v) is 10.7. The van der Waals surface area contributed by atoms with Gasteiger partial charge in [-0.1, -0.05) is 139 Å². The second-order valence-electron chi connectivity index (χ2n) is 15.5. The van der Waals surface area contributed by atoms with Crippen LogP contribution in [0.4, 0.5) is 5.82 Å². The maximum absolute atomic E-state index is 13.2. The molecule has 1 saturated carbocycles. The van der Waals surface area contributed by atoms with Gasteiger partial charge in [-0.2, -0.15) is 0 Å². The fourth-order valence-corrected chi connectivity index (χ4v) is 7.11. The topological polar surface area (TPSA) is 77.6 Å². The molecular weight excluding hydrogens is 774 g/mol. The Morgan fingerprint density at radius 2 is 1.25 bits per heavy atom. The van der Waals surface area contributed by atoms with Crippen LogP contribution in [-0.4, -0.2) is 60.0 Å². The number of hydrogen-bond donors (Lipinski definition) is 2. The van der Waals surface area contributed by atoms with E-state index in [0.717, 1.165) is 92.1 Å². The third kappa shape index (κ3) is 16.8. The van der Waals surface area contributed by atoms with Crippen LogP contribution in [0.3, 0.4) is 0 Å². The maximum atomic E-state index is 13.2. The molecule has 1 aliphatic carbocycles. The van der Waals surface area contributed by atoms with Crippen LogP contribution in [0.5, 0.6) is 0 Å². The number of carbonyl (C=O) groups excluding carboxylic acids is 2. The van der Waals surface area contributed by atoms with Gasteiger partial charge in [0.05, 0.1) is 0 Å². The summed E-state index contributed by atoms with van der Waals surface area (Å²) in [5.41, 5.74) is 7.21. The number of piperidine rings is 2. The lowest BCUT2D eigenvalue weighted by atomic mass is 9.97. The minimum absolute atomic E-state index is 0.0422. The Kier molecular flexibility index (Phi) is 22.9. The van der Waals surface area contributed by atoms with Crippen molar-refractivity contribution in [3.8, 4) is 0 Å². The second kappa shape index (κ2) is 27.8. The minimum Gasteiger partial charge on any atom is -0.356 e. The molecule has 0 unspecified atom stereocenters. The summed E-state index contributed by atoms with van der Waals surface area (Å²) in [5.74, 6) is 0.841. The van der Waals surface area contributed by atoms with E-state index >= 15 is 0 Å². The summed E-state index contributed by atoms with van der Waals surface area (Å²) in [5, 5.41) is 7.08. The van der Waals surface area contributed by atoms with Crippen LogP contribution in [-0.2, 0) is 6.54 Å². The number of likely N-dealkylation sites (tertiary alicyclic amines) is 1. The van der Waals surface area contributed by atoms with E-state index in [-0.39, 0.29) is 23.9 Å². The van der Waals surface area contributed by atoms with E-state index in [1.54, 1.807) is 18.2 Å². The predicted octanol–water partition coefficient (Wildman–Crippen LogP) is 12.7. The lowest BCUT2D eigenvalue weighted by Crippen LogP contribution is -2.45. The van der Waals surface area contributed by atoms with Gasteiger partial charge in [-0.05, 0) is 111 Å². The summed E-state index contributed by atoms with van der Waals surface area (Å²) in [6.07, 6.45) is 26.6. The number of amides is 2. The number of anilines is 1. The number of hydrogen-bond acceptors (Lipinski definition) is 5. The van der Waals surface area contributed by atoms with Gasteiger partial charge in [0.1, 0.15) is 5.82 Å². The number of allylic oxidation sites excluding steroid dienone is 10. The van der Waals surface area contributed by atoms with Crippen molar-refractivity contribution in [2.75, 3.05) is 31.1 Å². The van der Waals surface area contributed by atoms with E-state index in [9.17, 15) is 9.59 Å². The molecule has 8 heteroatoms. The van der Waals surface area contributed by atoms with Crippen molar-refractivity contribution in [3.05, 3.63) is 155 Å². The number of carbonyl (C=O) groups is 2. The van der Waals surface area contributed by atoms with Gasteiger partial charge in [-0.25, -0.2) is 4.98 Å². The van der Waals surface area contributed by atoms with Crippen molar-refractivity contribution < 1.29 is 9.59 Å². The molecule has 2 saturated heterocycles. The number of rotatable bonds is 13. The van der Waals surface area contributed by atoms with E-state index in [1.807, 2.05) is 101 Å². The zero-order valence-corrected chi connectivity index (χ0v) is 38.9. The quantitative estimate of drug-likeness (QED) is 0.168. The van der Waals surface area contributed by atoms with E-state index in [4.69, 9.17) is 16.6 Å². The summed E-state index contributed by atoms with van der Waals surface area (Å²) in [6, 6.07) is 15.8. The summed E-state index contributed by atoms with van der Waals surface area (Å²) >= 11 is 6.47. The monoisotopic (exact) mass is 846 g/mol. The van der Waals surface area contributed by atoms with Crippen LogP contribution in [0.2, 0.25) is 5.02 Å². The fraction of sp³-hybridized carbons (Fsp3) is 0.415. The summed E-state index contributed by atoms with van der Waals surface area (Å²) < 4.78 is 0. The van der Waals surface area contributed by atoms with Crippen molar-refractivity contribution in [2.45, 2.75) is 118 Å². The normalized spacial score (nSPS) is 16.0. The lowest BCUT2D eigenvalue weighted by molar-refractivity contribution is 0.0906. The molecule has 3 aliphatic rings. The SMILES string of the molecule is C1CC1.C=C/C(=C\C=C/C)c1cc(C(=O)NC2CCN(c3ccc(CN4CCC(NC(=O)c5ccc(Cl)c(/C(C=C)=C/C=C\C)c5)CC4)cn3)CC2)ccc1C.CC.CCC. The Hall–Kier alpha value is -4.98. The highest BCUT2D eigenvalue weighted by molar-refractivity contribution is 6.32. The van der Waals surface area contributed by atoms with E-state index in [1.165, 1.54) is 31.2 Å². The number of pyridine rings is 1. The molecule has 1 aromatic heterocycles. The number of aromatic nitrogens is 1. The second-order valence-corrected chi connectivity index (χ2v) is 15.9. The number of aryl methyl sites for hydroxylation is 1. The zero-order valence-electron chi connectivity index (χ0n) is 38.1. The molecule has 0 spiro atoms. The highest BCUT2D eigenvalue weighted by Crippen LogP contribution is 2.27. The van der Waals surface area contributed by atoms with Crippen LogP contribution in [0.25, 0.3) is 11.1 Å². The number of benzene rings is 2. The number of nitrogens with zero attached hydrogens (tertiary/aromatic N) is 3. The van der Waals surface area contributed by atoms with Gasteiger partial charge in [0.25, 0.3) is 11.8 Å². The van der Waals surface area contributed by atoms with Gasteiger partial charge < -0.3 is 15.5 Å². The molecule has 0 bridgehead atoms. The molecule has 2 amide bonds. The Bertz CT molecular complexity index is 1960. The first-order valence-electron chi connectivity index (χ1n) is 22.5. The summed E-state index contributed by atoms with van der Waals surface area (Å²) in [6.45, 7) is 26.4. The Labute approximate surface area is 373 Å². The largest absolute Gasteiger partial charge is 0.356 e. The first kappa shape index (κ1) is 50.4. The molecule has 6 rings (SSSR count). The molecule has 7 nitrogen and oxygen atoms in total. The van der Waals surface area contributed by atoms with E-state index in [2.05, 4.69) is 66.5 Å². The van der Waals surface area contributed by atoms with Crippen LogP contribution in [0.15, 0.2) is 116 Å². The molecule has 3 aromatic rings. The molecule has 3 fully saturated rings. The summed E-state index contributed by atoms with van der Waals surface area (Å²) in [7, 11) is 0. The molecular formula is C53H72ClN5O2. The van der Waals surface area contributed by atoms with Gasteiger partial charge in [-0.15, -0.1) is 0 Å². The van der Waals surface area contributed by atoms with Gasteiger partial charge >= 0.3 is 0 Å². The van der Waals surface area contributed by atoms with Crippen LogP contribution < -0.4 is 15.5 Å². The molecule has 61 heavy (non-hydrogen) atoms. The van der Waals surface area contributed by atoms with Crippen LogP contribution in [0.1, 0.15) is 136 Å². The Morgan fingerprint density at radius 3 is 1.72 bits per heavy atom. The van der Waals surface area contributed by atoms with Crippen molar-refractivity contribution in [1.29, 1.82) is 0 Å². The first-order chi connectivity index (χ1) is 29.6. The van der Waals surface area contributed by atoms with Crippen LogP contribution in [0, 0.1) is 6.92 Å². The van der Waals surface area contributed by atoms with E-state index < -0.39 is 0 Å². The van der Waals surface area contributed by atoms with Crippen molar-refractivity contribution >= 4 is 40.4 Å². The average molecular weight is 847 g/mol. The maximum Gasteiger partial charge on any atom is 0.251 e. The molecule has 0 radical (unpaired) electrons. The zero-order chi connectivity index (χ0) is 44.6. The predicted molar refractivity (Wildman–Crippen MR) is 262 cm³/mol. The van der Waals surface area contributed by atoms with Crippen molar-refractivity contribution in [1.82, 2.24) is 20.5 Å². The smallest absolute Gasteiger partial charge is 0.251 e. The molecule has 2 aliphatic heterocycles. The molecule has 328 valence electrons. The average Bonchev–Trinajstić information content (AvgIpc) is 4.18. The number of nitrogens with one attached hydrogen (secondary N) is 2. The standard InChI is InChI=1S/C45H52ClN5O2.C3H6.C3H8.C2H6/c1-6-10-12-34(8-3)40-28-36(16-14-32(40)5)44(52)49-39-22-26-51(27-23-39)43-19-15-33(30-47-43)31-50-24-20-38(21-25-50)48-45(53)37-17-18-42(46)41(29-37)35(9-4)13-11-7-2;1-2-3-1;1-3-2;1-2/h6-19,28-30,38-39H,3-4,20-27,31H2,1-2,5H3,(H,48,53)(H,49,52);1-3H2;3H2,1-2H3;1-2H3/b10-6-,11-7-,34-12+,35-13+;;;. The first-order valence-corrected chi connectivity index (χ1v) is 22.9. The molecule has 2 N–H and O–H groups in total. The lowest BCUT2D eigenvalue weighted by Gasteiger charge is -2.34. The van der Waals surface area contributed by atoms with E-state index in [0.29, 0.717) is 16.1 Å². The fourth-order valence-electron chi connectivity index (χ4n) is 6.88. The van der Waals surface area contributed by atoms with Gasteiger partial charge in [-0.3, -0.25) is 14.5 Å². The minimum atomic E-state index is -0.0851. The highest BCUT2D eigenvalue weighted by atomic mass is 35.5. The van der Waals surface area contributed by atoms with Crippen molar-refractivity contribution in [3.63, 3.8) is 0 Å². The van der Waals surface area contributed by atoms with Gasteiger partial charge in [0, 0.05) is 72.7 Å². The Morgan fingerprint density at radius 1 is 0.754 bits per heavy atom. The van der Waals surface area contributed by atoms with Crippen molar-refractivity contribution in [2.24, 2.45) is 0 Å².